The first-order chi connectivity index (χ1) is 7.61. The van der Waals surface area contributed by atoms with Crippen LogP contribution in [-0.2, 0) is 9.53 Å². The summed E-state index contributed by atoms with van der Waals surface area (Å²) >= 11 is 1.37. The van der Waals surface area contributed by atoms with Gasteiger partial charge in [-0.25, -0.2) is 0 Å². The molecule has 1 saturated heterocycles. The van der Waals surface area contributed by atoms with E-state index in [9.17, 15) is 4.79 Å². The number of carbonyl (C=O) groups excluding carboxylic acids is 1. The summed E-state index contributed by atoms with van der Waals surface area (Å²) in [6.45, 7) is 3.60. The number of hydrogen-bond acceptors (Lipinski definition) is 6. The maximum absolute atomic E-state index is 11.5. The van der Waals surface area contributed by atoms with Crippen LogP contribution in [-0.4, -0.2) is 30.5 Å². The van der Waals surface area contributed by atoms with Crippen molar-refractivity contribution in [1.29, 1.82) is 0 Å². The Bertz CT molecular complexity index is 393. The quantitative estimate of drug-likeness (QED) is 0.781. The molecule has 2 unspecified atom stereocenters. The van der Waals surface area contributed by atoms with Gasteiger partial charge in [0.15, 0.2) is 0 Å². The molecular weight excluding hydrogens is 226 g/mol. The van der Waals surface area contributed by atoms with Gasteiger partial charge in [0, 0.05) is 19.2 Å². The maximum Gasteiger partial charge on any atom is 0.310 e. The number of hydrogen-bond donors (Lipinski definition) is 1. The van der Waals surface area contributed by atoms with Crippen molar-refractivity contribution >= 4 is 28.3 Å². The molecule has 1 aliphatic heterocycles. The summed E-state index contributed by atoms with van der Waals surface area (Å²) < 4.78 is 8.83. The fourth-order valence-electron chi connectivity index (χ4n) is 2.03. The second-order valence-electron chi connectivity index (χ2n) is 4.10. The lowest BCUT2D eigenvalue weighted by molar-refractivity contribution is -0.145. The Morgan fingerprint density at radius 2 is 2.44 bits per heavy atom. The van der Waals surface area contributed by atoms with Crippen molar-refractivity contribution in [1.82, 2.24) is 4.37 Å². The topological polar surface area (TPSA) is 68.5 Å². The molecule has 1 fully saturated rings. The van der Waals surface area contributed by atoms with Crippen molar-refractivity contribution in [3.63, 3.8) is 0 Å². The number of ether oxygens (including phenoxy) is 1. The SMILES string of the molecule is COC(=O)C1CN(c2cc(N)ns2)CC1C. The maximum atomic E-state index is 11.5. The van der Waals surface area contributed by atoms with E-state index in [4.69, 9.17) is 10.5 Å². The number of methoxy groups -OCH3 is 1. The number of nitrogens with zero attached hydrogens (tertiary/aromatic N) is 2. The monoisotopic (exact) mass is 241 g/mol. The third-order valence-electron chi connectivity index (χ3n) is 2.94. The number of carbonyl (C=O) groups is 1. The number of aromatic nitrogens is 1. The molecule has 0 radical (unpaired) electrons. The number of nitrogens with two attached hydrogens (primary N) is 1. The highest BCUT2D eigenvalue weighted by Crippen LogP contribution is 2.32. The fraction of sp³-hybridized carbons (Fsp3) is 0.600. The zero-order valence-corrected chi connectivity index (χ0v) is 10.2. The van der Waals surface area contributed by atoms with Gasteiger partial charge in [0.05, 0.1) is 13.0 Å². The lowest BCUT2D eigenvalue weighted by atomic mass is 9.99. The van der Waals surface area contributed by atoms with Crippen molar-refractivity contribution in [2.45, 2.75) is 6.92 Å². The van der Waals surface area contributed by atoms with Crippen LogP contribution in [0.1, 0.15) is 6.92 Å². The van der Waals surface area contributed by atoms with Crippen molar-refractivity contribution in [3.05, 3.63) is 6.07 Å². The summed E-state index contributed by atoms with van der Waals surface area (Å²) in [7, 11) is 1.43. The van der Waals surface area contributed by atoms with E-state index in [2.05, 4.69) is 16.2 Å². The van der Waals surface area contributed by atoms with E-state index in [0.717, 1.165) is 11.5 Å². The van der Waals surface area contributed by atoms with E-state index < -0.39 is 0 Å². The van der Waals surface area contributed by atoms with Gasteiger partial charge in [-0.3, -0.25) is 4.79 Å². The van der Waals surface area contributed by atoms with E-state index in [1.165, 1.54) is 18.6 Å². The predicted octanol–water partition coefficient (Wildman–Crippen LogP) is 0.971. The summed E-state index contributed by atoms with van der Waals surface area (Å²) in [5.74, 6) is 0.658. The molecule has 5 nitrogen and oxygen atoms in total. The number of rotatable bonds is 2. The van der Waals surface area contributed by atoms with E-state index in [1.54, 1.807) is 0 Å². The van der Waals surface area contributed by atoms with E-state index in [0.29, 0.717) is 18.3 Å². The first-order valence-electron chi connectivity index (χ1n) is 5.16. The molecule has 1 aromatic heterocycles. The molecule has 88 valence electrons. The average Bonchev–Trinajstić information content (AvgIpc) is 2.83. The summed E-state index contributed by atoms with van der Waals surface area (Å²) in [5.41, 5.74) is 5.58. The number of nitrogen functional groups attached to an aromatic ring is 1. The van der Waals surface area contributed by atoms with Gasteiger partial charge in [0.1, 0.15) is 10.8 Å². The summed E-state index contributed by atoms with van der Waals surface area (Å²) in [5, 5.41) is 1.02. The van der Waals surface area contributed by atoms with Crippen LogP contribution < -0.4 is 10.6 Å². The fourth-order valence-corrected chi connectivity index (χ4v) is 2.72. The molecule has 0 spiro atoms. The number of esters is 1. The van der Waals surface area contributed by atoms with Gasteiger partial charge >= 0.3 is 5.97 Å². The first-order valence-corrected chi connectivity index (χ1v) is 5.94. The van der Waals surface area contributed by atoms with E-state index >= 15 is 0 Å². The Balaban J connectivity index is 2.09. The van der Waals surface area contributed by atoms with Gasteiger partial charge in [-0.2, -0.15) is 4.37 Å². The van der Waals surface area contributed by atoms with Gasteiger partial charge in [0.2, 0.25) is 0 Å². The molecule has 0 amide bonds. The van der Waals surface area contributed by atoms with Crippen LogP contribution in [0, 0.1) is 11.8 Å². The Morgan fingerprint density at radius 3 is 3.00 bits per heavy atom. The molecule has 0 aromatic carbocycles. The standard InChI is InChI=1S/C10H15N3O2S/c1-6-4-13(5-7(6)10(14)15-2)9-3-8(11)12-16-9/h3,6-7H,4-5H2,1-2H3,(H2,11,12). The molecule has 2 atom stereocenters. The van der Waals surface area contributed by atoms with Gasteiger partial charge in [0.25, 0.3) is 0 Å². The van der Waals surface area contributed by atoms with Crippen LogP contribution in [0.5, 0.6) is 0 Å². The smallest absolute Gasteiger partial charge is 0.310 e. The van der Waals surface area contributed by atoms with Crippen LogP contribution >= 0.6 is 11.5 Å². The molecule has 6 heteroatoms. The molecule has 0 bridgehead atoms. The molecule has 1 aliphatic rings. The van der Waals surface area contributed by atoms with Gasteiger partial charge in [-0.1, -0.05) is 6.92 Å². The highest BCUT2D eigenvalue weighted by Gasteiger charge is 2.36. The minimum absolute atomic E-state index is 0.0478. The third-order valence-corrected chi connectivity index (χ3v) is 3.81. The van der Waals surface area contributed by atoms with Crippen LogP contribution in [0.15, 0.2) is 6.07 Å². The summed E-state index contributed by atoms with van der Waals surface area (Å²) in [4.78, 5) is 13.7. The minimum Gasteiger partial charge on any atom is -0.469 e. The van der Waals surface area contributed by atoms with Crippen molar-refractivity contribution in [2.24, 2.45) is 11.8 Å². The highest BCUT2D eigenvalue weighted by molar-refractivity contribution is 7.10. The van der Waals surface area contributed by atoms with Gasteiger partial charge < -0.3 is 15.4 Å². The lowest BCUT2D eigenvalue weighted by Gasteiger charge is -2.14. The minimum atomic E-state index is -0.132. The van der Waals surface area contributed by atoms with E-state index in [1.807, 2.05) is 6.07 Å². The third kappa shape index (κ3) is 1.97. The molecule has 2 N–H and O–H groups in total. The normalized spacial score (nSPS) is 24.8. The van der Waals surface area contributed by atoms with Crippen molar-refractivity contribution < 1.29 is 9.53 Å². The summed E-state index contributed by atoms with van der Waals surface area (Å²) in [6, 6.07) is 1.84. The summed E-state index contributed by atoms with van der Waals surface area (Å²) in [6.07, 6.45) is 0. The largest absolute Gasteiger partial charge is 0.469 e. The first kappa shape index (κ1) is 11.2. The lowest BCUT2D eigenvalue weighted by Crippen LogP contribution is -2.23. The van der Waals surface area contributed by atoms with Gasteiger partial charge in [-0.05, 0) is 17.5 Å². The molecule has 2 rings (SSSR count). The molecule has 16 heavy (non-hydrogen) atoms. The average molecular weight is 241 g/mol. The Labute approximate surface area is 98.4 Å². The van der Waals surface area contributed by atoms with Crippen LogP contribution in [0.2, 0.25) is 0 Å². The molecule has 1 aromatic rings. The predicted molar refractivity (Wildman–Crippen MR) is 63.4 cm³/mol. The van der Waals surface area contributed by atoms with Crippen LogP contribution in [0.4, 0.5) is 10.8 Å². The highest BCUT2D eigenvalue weighted by atomic mass is 32.1. The molecule has 2 heterocycles. The second kappa shape index (κ2) is 4.29. The zero-order valence-electron chi connectivity index (χ0n) is 9.34. The molecule has 0 aliphatic carbocycles. The Kier molecular flexibility index (Phi) is 3.00. The van der Waals surface area contributed by atoms with Crippen molar-refractivity contribution in [2.75, 3.05) is 30.8 Å². The number of anilines is 2. The van der Waals surface area contributed by atoms with Gasteiger partial charge in [-0.15, -0.1) is 0 Å². The second-order valence-corrected chi connectivity index (χ2v) is 4.89. The van der Waals surface area contributed by atoms with Crippen molar-refractivity contribution in [3.8, 4) is 0 Å². The molecular formula is C10H15N3O2S. The van der Waals surface area contributed by atoms with Crippen LogP contribution in [0.25, 0.3) is 0 Å². The zero-order chi connectivity index (χ0) is 11.7. The van der Waals surface area contributed by atoms with E-state index in [-0.39, 0.29) is 11.9 Å². The Morgan fingerprint density at radius 1 is 1.69 bits per heavy atom. The van der Waals surface area contributed by atoms with Crippen LogP contribution in [0.3, 0.4) is 0 Å². The molecule has 0 saturated carbocycles. The Hall–Kier alpha value is -1.30.